The molecular formula is C7H13N3S. The molecule has 11 heavy (non-hydrogen) atoms. The molecule has 0 saturated heterocycles. The Kier molecular flexibility index (Phi) is 2.84. The summed E-state index contributed by atoms with van der Waals surface area (Å²) in [4.78, 5) is 5.14. The number of thiazole rings is 1. The summed E-state index contributed by atoms with van der Waals surface area (Å²) in [6.45, 7) is 5.10. The van der Waals surface area contributed by atoms with Crippen LogP contribution in [0.4, 0.5) is 5.13 Å². The Morgan fingerprint density at radius 2 is 2.45 bits per heavy atom. The number of nitrogens with one attached hydrogen (secondary N) is 1. The number of hydrogen-bond donors (Lipinski definition) is 2. The Hall–Kier alpha value is -0.610. The second-order valence-corrected chi connectivity index (χ2v) is 3.85. The van der Waals surface area contributed by atoms with Gasteiger partial charge < -0.3 is 11.1 Å². The Labute approximate surface area is 70.6 Å². The third-order valence-electron chi connectivity index (χ3n) is 1.26. The maximum atomic E-state index is 5.46. The summed E-state index contributed by atoms with van der Waals surface area (Å²) in [5.41, 5.74) is 5.46. The fourth-order valence-electron chi connectivity index (χ4n) is 0.709. The van der Waals surface area contributed by atoms with E-state index in [1.165, 1.54) is 16.2 Å². The van der Waals surface area contributed by atoms with Crippen LogP contribution < -0.4 is 11.1 Å². The van der Waals surface area contributed by atoms with Gasteiger partial charge in [0, 0.05) is 23.7 Å². The summed E-state index contributed by atoms with van der Waals surface area (Å²) in [7, 11) is 0. The van der Waals surface area contributed by atoms with Crippen molar-refractivity contribution < 1.29 is 0 Å². The standard InChI is InChI=1S/C7H13N3S/c1-5(2)9-3-6-4-10-7(8)11-6/h4-5,9H,3H2,1-2H3,(H2,8,10). The molecule has 0 aliphatic carbocycles. The van der Waals surface area contributed by atoms with Gasteiger partial charge in [-0.15, -0.1) is 11.3 Å². The smallest absolute Gasteiger partial charge is 0.180 e. The molecule has 0 saturated carbocycles. The van der Waals surface area contributed by atoms with Crippen LogP contribution in [-0.2, 0) is 6.54 Å². The predicted molar refractivity (Wildman–Crippen MR) is 48.5 cm³/mol. The van der Waals surface area contributed by atoms with Crippen molar-refractivity contribution in [2.45, 2.75) is 26.4 Å². The first-order valence-electron chi connectivity index (χ1n) is 3.62. The lowest BCUT2D eigenvalue weighted by molar-refractivity contribution is 0.593. The minimum Gasteiger partial charge on any atom is -0.375 e. The number of aromatic nitrogens is 1. The minimum atomic E-state index is 0.512. The molecule has 1 aromatic heterocycles. The third-order valence-corrected chi connectivity index (χ3v) is 2.08. The van der Waals surface area contributed by atoms with E-state index in [9.17, 15) is 0 Å². The third kappa shape index (κ3) is 2.86. The van der Waals surface area contributed by atoms with Crippen molar-refractivity contribution in [3.05, 3.63) is 11.1 Å². The van der Waals surface area contributed by atoms with Gasteiger partial charge in [0.1, 0.15) is 0 Å². The molecule has 0 fully saturated rings. The second kappa shape index (κ2) is 3.69. The van der Waals surface area contributed by atoms with Gasteiger partial charge in [0.2, 0.25) is 0 Å². The number of nitrogens with two attached hydrogens (primary N) is 1. The van der Waals surface area contributed by atoms with Crippen LogP contribution in [0.2, 0.25) is 0 Å². The van der Waals surface area contributed by atoms with E-state index in [2.05, 4.69) is 24.1 Å². The Morgan fingerprint density at radius 3 is 2.91 bits per heavy atom. The van der Waals surface area contributed by atoms with Crippen LogP contribution in [0, 0.1) is 0 Å². The predicted octanol–water partition coefficient (Wildman–Crippen LogP) is 1.22. The molecule has 3 nitrogen and oxygen atoms in total. The zero-order chi connectivity index (χ0) is 8.27. The van der Waals surface area contributed by atoms with E-state index in [-0.39, 0.29) is 0 Å². The van der Waals surface area contributed by atoms with Gasteiger partial charge in [0.15, 0.2) is 5.13 Å². The Morgan fingerprint density at radius 1 is 1.73 bits per heavy atom. The molecular weight excluding hydrogens is 158 g/mol. The molecule has 0 radical (unpaired) electrons. The summed E-state index contributed by atoms with van der Waals surface area (Å²) >= 11 is 1.53. The number of nitrogen functional groups attached to an aromatic ring is 1. The van der Waals surface area contributed by atoms with Crippen molar-refractivity contribution in [2.24, 2.45) is 0 Å². The first-order valence-corrected chi connectivity index (χ1v) is 4.43. The number of rotatable bonds is 3. The topological polar surface area (TPSA) is 50.9 Å². The lowest BCUT2D eigenvalue weighted by atomic mass is 10.4. The van der Waals surface area contributed by atoms with Crippen LogP contribution in [0.5, 0.6) is 0 Å². The molecule has 0 atom stereocenters. The molecule has 0 amide bonds. The molecule has 1 rings (SSSR count). The van der Waals surface area contributed by atoms with Crippen molar-refractivity contribution in [1.29, 1.82) is 0 Å². The molecule has 0 unspecified atom stereocenters. The van der Waals surface area contributed by atoms with Gasteiger partial charge >= 0.3 is 0 Å². The zero-order valence-electron chi connectivity index (χ0n) is 6.79. The normalized spacial score (nSPS) is 10.8. The fraction of sp³-hybridized carbons (Fsp3) is 0.571. The number of hydrogen-bond acceptors (Lipinski definition) is 4. The van der Waals surface area contributed by atoms with Crippen LogP contribution in [-0.4, -0.2) is 11.0 Å². The van der Waals surface area contributed by atoms with Gasteiger partial charge in [0.25, 0.3) is 0 Å². The van der Waals surface area contributed by atoms with Gasteiger partial charge in [-0.25, -0.2) is 4.98 Å². The highest BCUT2D eigenvalue weighted by atomic mass is 32.1. The van der Waals surface area contributed by atoms with E-state index in [1.807, 2.05) is 6.20 Å². The van der Waals surface area contributed by atoms with E-state index >= 15 is 0 Å². The van der Waals surface area contributed by atoms with E-state index in [0.29, 0.717) is 11.2 Å². The molecule has 0 spiro atoms. The fourth-order valence-corrected chi connectivity index (χ4v) is 1.34. The van der Waals surface area contributed by atoms with Crippen molar-refractivity contribution in [3.8, 4) is 0 Å². The number of anilines is 1. The minimum absolute atomic E-state index is 0.512. The summed E-state index contributed by atoms with van der Waals surface area (Å²) in [5, 5.41) is 3.93. The van der Waals surface area contributed by atoms with Crippen LogP contribution >= 0.6 is 11.3 Å². The van der Waals surface area contributed by atoms with Crippen LogP contribution in [0.15, 0.2) is 6.20 Å². The van der Waals surface area contributed by atoms with E-state index in [0.717, 1.165) is 6.54 Å². The lowest BCUT2D eigenvalue weighted by Gasteiger charge is -2.04. The summed E-state index contributed by atoms with van der Waals surface area (Å²) in [5.74, 6) is 0. The van der Waals surface area contributed by atoms with Gasteiger partial charge in [-0.3, -0.25) is 0 Å². The zero-order valence-corrected chi connectivity index (χ0v) is 7.61. The van der Waals surface area contributed by atoms with Crippen LogP contribution in [0.1, 0.15) is 18.7 Å². The second-order valence-electron chi connectivity index (χ2n) is 2.70. The highest BCUT2D eigenvalue weighted by Gasteiger charge is 1.98. The Bertz CT molecular complexity index is 219. The number of nitrogens with zero attached hydrogens (tertiary/aromatic N) is 1. The molecule has 0 aromatic carbocycles. The van der Waals surface area contributed by atoms with E-state index in [4.69, 9.17) is 5.73 Å². The SMILES string of the molecule is CC(C)NCc1cnc(N)s1. The summed E-state index contributed by atoms with van der Waals surface area (Å²) in [6, 6.07) is 0.512. The largest absolute Gasteiger partial charge is 0.375 e. The van der Waals surface area contributed by atoms with Crippen molar-refractivity contribution in [2.75, 3.05) is 5.73 Å². The monoisotopic (exact) mass is 171 g/mol. The van der Waals surface area contributed by atoms with Gasteiger partial charge in [-0.05, 0) is 0 Å². The van der Waals surface area contributed by atoms with Gasteiger partial charge in [-0.1, -0.05) is 13.8 Å². The molecule has 0 bridgehead atoms. The quantitative estimate of drug-likeness (QED) is 0.719. The highest BCUT2D eigenvalue weighted by Crippen LogP contribution is 2.13. The summed E-state index contributed by atoms with van der Waals surface area (Å²) in [6.07, 6.45) is 1.81. The van der Waals surface area contributed by atoms with Crippen molar-refractivity contribution in [1.82, 2.24) is 10.3 Å². The first kappa shape index (κ1) is 8.49. The molecule has 0 aliphatic heterocycles. The van der Waals surface area contributed by atoms with Crippen molar-refractivity contribution >= 4 is 16.5 Å². The average molecular weight is 171 g/mol. The molecule has 0 aliphatic rings. The van der Waals surface area contributed by atoms with E-state index in [1.54, 1.807) is 0 Å². The molecule has 1 aromatic rings. The van der Waals surface area contributed by atoms with Crippen molar-refractivity contribution in [3.63, 3.8) is 0 Å². The van der Waals surface area contributed by atoms with Gasteiger partial charge in [-0.2, -0.15) is 0 Å². The molecule has 62 valence electrons. The molecule has 4 heteroatoms. The maximum Gasteiger partial charge on any atom is 0.180 e. The summed E-state index contributed by atoms with van der Waals surface area (Å²) < 4.78 is 0. The first-order chi connectivity index (χ1) is 5.18. The Balaban J connectivity index is 2.39. The van der Waals surface area contributed by atoms with E-state index < -0.39 is 0 Å². The lowest BCUT2D eigenvalue weighted by Crippen LogP contribution is -2.21. The average Bonchev–Trinajstić information content (AvgIpc) is 2.31. The maximum absolute atomic E-state index is 5.46. The molecule has 3 N–H and O–H groups in total. The van der Waals surface area contributed by atoms with Crippen LogP contribution in [0.25, 0.3) is 0 Å². The highest BCUT2D eigenvalue weighted by molar-refractivity contribution is 7.15. The van der Waals surface area contributed by atoms with Crippen LogP contribution in [0.3, 0.4) is 0 Å². The van der Waals surface area contributed by atoms with Gasteiger partial charge in [0.05, 0.1) is 0 Å². The molecule has 1 heterocycles.